The normalized spacial score (nSPS) is 11.1. The van der Waals surface area contributed by atoms with Crippen LogP contribution in [0.25, 0.3) is 0 Å². The molecule has 0 aromatic heterocycles. The van der Waals surface area contributed by atoms with Crippen LogP contribution in [0.2, 0.25) is 0 Å². The highest BCUT2D eigenvalue weighted by Crippen LogP contribution is 2.10. The molecule has 0 bridgehead atoms. The molecule has 78 valence electrons. The largest absolute Gasteiger partial charge is 0.480 e. The summed E-state index contributed by atoms with van der Waals surface area (Å²) in [5, 5.41) is 8.49. The van der Waals surface area contributed by atoms with Gasteiger partial charge in [-0.3, -0.25) is 4.79 Å². The van der Waals surface area contributed by atoms with Crippen molar-refractivity contribution in [1.29, 1.82) is 0 Å². The second-order valence-electron chi connectivity index (χ2n) is 2.37. The van der Waals surface area contributed by atoms with Crippen LogP contribution in [-0.4, -0.2) is 11.1 Å². The number of hydrogen-bond acceptors (Lipinski definition) is 2. The van der Waals surface area contributed by atoms with Gasteiger partial charge in [0, 0.05) is 0 Å². The number of hydrogen-bond donors (Lipinski definition) is 2. The molecule has 0 radical (unpaired) electrons. The van der Waals surface area contributed by atoms with Gasteiger partial charge in [0.15, 0.2) is 0 Å². The number of nitrogens with two attached hydrogens (primary N) is 1. The van der Waals surface area contributed by atoms with E-state index >= 15 is 0 Å². The molecule has 0 aliphatic rings. The van der Waals surface area contributed by atoms with Gasteiger partial charge in [-0.15, -0.1) is 0 Å². The fourth-order valence-electron chi connectivity index (χ4n) is 0.813. The van der Waals surface area contributed by atoms with Gasteiger partial charge < -0.3 is 10.8 Å². The van der Waals surface area contributed by atoms with Crippen molar-refractivity contribution in [2.75, 3.05) is 0 Å². The Kier molecular flexibility index (Phi) is 5.48. The summed E-state index contributed by atoms with van der Waals surface area (Å²) in [6, 6.07) is 3.99. The predicted octanol–water partition coefficient (Wildman–Crippen LogP) is 1.94. The van der Waals surface area contributed by atoms with E-state index in [0.29, 0.717) is 5.56 Å². The lowest BCUT2D eigenvalue weighted by Gasteiger charge is -2.05. The second kappa shape index (κ2) is 6.10. The first-order valence-electron chi connectivity index (χ1n) is 4.35. The third-order valence-corrected chi connectivity index (χ3v) is 1.50. The fraction of sp³-hybridized carbons (Fsp3) is 0.300. The fourth-order valence-corrected chi connectivity index (χ4v) is 0.813. The van der Waals surface area contributed by atoms with Gasteiger partial charge in [-0.2, -0.15) is 0 Å². The summed E-state index contributed by atoms with van der Waals surface area (Å²) in [4.78, 5) is 10.4. The molecule has 3 nitrogen and oxygen atoms in total. The third-order valence-electron chi connectivity index (χ3n) is 1.50. The molecule has 14 heavy (non-hydrogen) atoms. The molecule has 0 aliphatic carbocycles. The van der Waals surface area contributed by atoms with Crippen LogP contribution < -0.4 is 5.73 Å². The first-order valence-corrected chi connectivity index (χ1v) is 4.35. The molecule has 1 aromatic carbocycles. The van der Waals surface area contributed by atoms with Crippen LogP contribution in [0.15, 0.2) is 24.3 Å². The number of halogens is 1. The Hall–Kier alpha value is -1.42. The Morgan fingerprint density at radius 2 is 1.79 bits per heavy atom. The molecule has 3 N–H and O–H groups in total. The van der Waals surface area contributed by atoms with Gasteiger partial charge in [-0.05, 0) is 17.7 Å². The molecule has 0 amide bonds. The van der Waals surface area contributed by atoms with Gasteiger partial charge in [0.2, 0.25) is 0 Å². The van der Waals surface area contributed by atoms with Crippen LogP contribution >= 0.6 is 0 Å². The van der Waals surface area contributed by atoms with E-state index < -0.39 is 17.8 Å². The van der Waals surface area contributed by atoms with Crippen molar-refractivity contribution < 1.29 is 14.3 Å². The van der Waals surface area contributed by atoms with E-state index in [1.165, 1.54) is 24.3 Å². The van der Waals surface area contributed by atoms with Crippen LogP contribution in [0.5, 0.6) is 0 Å². The first kappa shape index (κ1) is 12.6. The summed E-state index contributed by atoms with van der Waals surface area (Å²) < 4.78 is 12.4. The Morgan fingerprint density at radius 3 is 2.14 bits per heavy atom. The minimum absolute atomic E-state index is 0.393. The molecule has 4 heteroatoms. The maximum atomic E-state index is 12.4. The van der Waals surface area contributed by atoms with Gasteiger partial charge in [0.1, 0.15) is 11.9 Å². The average Bonchev–Trinajstić information content (AvgIpc) is 2.21. The van der Waals surface area contributed by atoms with E-state index in [1.807, 2.05) is 13.8 Å². The minimum atomic E-state index is -1.12. The Bertz CT molecular complexity index is 285. The maximum absolute atomic E-state index is 12.4. The SMILES string of the molecule is CC.NC(C(=O)O)c1ccc(F)cc1. The van der Waals surface area contributed by atoms with Crippen molar-refractivity contribution in [1.82, 2.24) is 0 Å². The lowest BCUT2D eigenvalue weighted by atomic mass is 10.1. The Morgan fingerprint density at radius 1 is 1.36 bits per heavy atom. The summed E-state index contributed by atoms with van der Waals surface area (Å²) in [7, 11) is 0. The number of aliphatic carboxylic acids is 1. The number of benzene rings is 1. The number of carbonyl (C=O) groups is 1. The van der Waals surface area contributed by atoms with Crippen LogP contribution in [0.1, 0.15) is 25.5 Å². The summed E-state index contributed by atoms with van der Waals surface area (Å²) in [6.45, 7) is 4.00. The van der Waals surface area contributed by atoms with E-state index in [-0.39, 0.29) is 0 Å². The molecule has 0 saturated carbocycles. The van der Waals surface area contributed by atoms with E-state index in [1.54, 1.807) is 0 Å². The number of carboxylic acids is 1. The van der Waals surface area contributed by atoms with Gasteiger partial charge in [-0.1, -0.05) is 26.0 Å². The Labute approximate surface area is 82.4 Å². The number of rotatable bonds is 2. The molecule has 1 aromatic rings. The van der Waals surface area contributed by atoms with E-state index in [4.69, 9.17) is 10.8 Å². The Balaban J connectivity index is 0.000000791. The molecular weight excluding hydrogens is 185 g/mol. The molecule has 1 unspecified atom stereocenters. The van der Waals surface area contributed by atoms with Crippen LogP contribution in [0.4, 0.5) is 4.39 Å². The zero-order valence-corrected chi connectivity index (χ0v) is 8.20. The number of carboxylic acid groups (broad SMARTS) is 1. The predicted molar refractivity (Wildman–Crippen MR) is 52.3 cm³/mol. The standard InChI is InChI=1S/C8H8FNO2.C2H6/c9-6-3-1-5(2-4-6)7(10)8(11)12;1-2/h1-4,7H,10H2,(H,11,12);1-2H3. The summed E-state index contributed by atoms with van der Waals surface area (Å²) in [5.74, 6) is -1.53. The third kappa shape index (κ3) is 3.53. The zero-order valence-electron chi connectivity index (χ0n) is 8.20. The molecule has 0 spiro atoms. The van der Waals surface area contributed by atoms with Crippen molar-refractivity contribution in [3.8, 4) is 0 Å². The van der Waals surface area contributed by atoms with Gasteiger partial charge >= 0.3 is 5.97 Å². The molecule has 0 heterocycles. The zero-order chi connectivity index (χ0) is 11.1. The lowest BCUT2D eigenvalue weighted by molar-refractivity contribution is -0.138. The van der Waals surface area contributed by atoms with E-state index in [0.717, 1.165) is 0 Å². The molecule has 0 saturated heterocycles. The quantitative estimate of drug-likeness (QED) is 0.765. The first-order chi connectivity index (χ1) is 6.61. The smallest absolute Gasteiger partial charge is 0.325 e. The van der Waals surface area contributed by atoms with Crippen molar-refractivity contribution in [3.63, 3.8) is 0 Å². The highest BCUT2D eigenvalue weighted by molar-refractivity contribution is 5.75. The molecule has 0 fully saturated rings. The molecule has 1 atom stereocenters. The van der Waals surface area contributed by atoms with Crippen molar-refractivity contribution in [3.05, 3.63) is 35.6 Å². The lowest BCUT2D eigenvalue weighted by Crippen LogP contribution is -2.20. The molecular formula is C10H14FNO2. The van der Waals surface area contributed by atoms with Crippen molar-refractivity contribution in [2.24, 2.45) is 5.73 Å². The van der Waals surface area contributed by atoms with Gasteiger partial charge in [0.25, 0.3) is 0 Å². The van der Waals surface area contributed by atoms with Crippen molar-refractivity contribution in [2.45, 2.75) is 19.9 Å². The highest BCUT2D eigenvalue weighted by Gasteiger charge is 2.13. The van der Waals surface area contributed by atoms with E-state index in [2.05, 4.69) is 0 Å². The van der Waals surface area contributed by atoms with Gasteiger partial charge in [0.05, 0.1) is 0 Å². The molecule has 1 rings (SSSR count). The minimum Gasteiger partial charge on any atom is -0.480 e. The van der Waals surface area contributed by atoms with Crippen LogP contribution in [0, 0.1) is 5.82 Å². The van der Waals surface area contributed by atoms with Gasteiger partial charge in [-0.25, -0.2) is 4.39 Å². The summed E-state index contributed by atoms with van der Waals surface area (Å²) >= 11 is 0. The van der Waals surface area contributed by atoms with Crippen LogP contribution in [-0.2, 0) is 4.79 Å². The topological polar surface area (TPSA) is 63.3 Å². The molecule has 0 aliphatic heterocycles. The van der Waals surface area contributed by atoms with E-state index in [9.17, 15) is 9.18 Å². The second-order valence-corrected chi connectivity index (χ2v) is 2.37. The average molecular weight is 199 g/mol. The summed E-state index contributed by atoms with van der Waals surface area (Å²) in [5.41, 5.74) is 5.66. The summed E-state index contributed by atoms with van der Waals surface area (Å²) in [6.07, 6.45) is 0. The maximum Gasteiger partial charge on any atom is 0.325 e. The van der Waals surface area contributed by atoms with Crippen LogP contribution in [0.3, 0.4) is 0 Å². The van der Waals surface area contributed by atoms with Crippen molar-refractivity contribution >= 4 is 5.97 Å². The monoisotopic (exact) mass is 199 g/mol. The highest BCUT2D eigenvalue weighted by atomic mass is 19.1.